The Bertz CT molecular complexity index is 1440. The molecule has 0 saturated heterocycles. The highest BCUT2D eigenvalue weighted by Crippen LogP contribution is 2.31. The van der Waals surface area contributed by atoms with Crippen molar-refractivity contribution in [3.63, 3.8) is 0 Å². The molecule has 4 aromatic heterocycles. The fourth-order valence-electron chi connectivity index (χ4n) is 3.04. The second-order valence-corrected chi connectivity index (χ2v) is 9.35. The molecule has 0 aliphatic carbocycles. The van der Waals surface area contributed by atoms with Gasteiger partial charge in [0.1, 0.15) is 15.5 Å². The summed E-state index contributed by atoms with van der Waals surface area (Å²) in [6.45, 7) is 1.73. The normalized spacial score (nSPS) is 11.5. The Morgan fingerprint density at radius 2 is 1.87 bits per heavy atom. The molecular formula is C20H18N4O5S2. The Morgan fingerprint density at radius 1 is 1.06 bits per heavy atom. The molecule has 0 atom stereocenters. The standard InChI is InChI=1S/C20H18N4O5S2/c1-12-6-7-30-20(12)31(26,27)23-15-8-14(9-22-18(15)29-3)13-4-5-17-21-10-16(28-2)19(25)24(17)11-13/h4-11,23H,1-3H3. The summed E-state index contributed by atoms with van der Waals surface area (Å²) in [6.07, 6.45) is 4.50. The van der Waals surface area contributed by atoms with Crippen LogP contribution in [-0.2, 0) is 10.0 Å². The fraction of sp³-hybridized carbons (Fsp3) is 0.150. The molecular weight excluding hydrogens is 440 g/mol. The Labute approximate surface area is 182 Å². The Balaban J connectivity index is 1.80. The van der Waals surface area contributed by atoms with Crippen molar-refractivity contribution in [1.82, 2.24) is 14.4 Å². The molecule has 0 fully saturated rings. The lowest BCUT2D eigenvalue weighted by Crippen LogP contribution is -2.16. The number of fused-ring (bicyclic) bond motifs is 1. The van der Waals surface area contributed by atoms with Gasteiger partial charge in [-0.15, -0.1) is 11.3 Å². The van der Waals surface area contributed by atoms with Gasteiger partial charge in [-0.05, 0) is 42.1 Å². The van der Waals surface area contributed by atoms with Gasteiger partial charge in [-0.2, -0.15) is 0 Å². The first kappa shape index (κ1) is 20.8. The molecule has 4 rings (SSSR count). The lowest BCUT2D eigenvalue weighted by molar-refractivity contribution is 0.400. The Hall–Kier alpha value is -3.44. The van der Waals surface area contributed by atoms with E-state index in [9.17, 15) is 13.2 Å². The van der Waals surface area contributed by atoms with Crippen LogP contribution in [0.4, 0.5) is 5.69 Å². The minimum absolute atomic E-state index is 0.113. The number of hydrogen-bond donors (Lipinski definition) is 1. The van der Waals surface area contributed by atoms with Crippen LogP contribution in [-0.4, -0.2) is 37.0 Å². The van der Waals surface area contributed by atoms with Crippen LogP contribution >= 0.6 is 11.3 Å². The van der Waals surface area contributed by atoms with Gasteiger partial charge >= 0.3 is 0 Å². The maximum absolute atomic E-state index is 12.8. The number of ether oxygens (including phenoxy) is 2. The summed E-state index contributed by atoms with van der Waals surface area (Å²) in [5.74, 6) is 0.241. The molecule has 0 aliphatic heterocycles. The number of rotatable bonds is 6. The topological polar surface area (TPSA) is 112 Å². The van der Waals surface area contributed by atoms with Crippen molar-refractivity contribution in [3.05, 3.63) is 64.2 Å². The van der Waals surface area contributed by atoms with Crippen molar-refractivity contribution >= 4 is 32.7 Å². The number of aromatic nitrogens is 3. The zero-order valence-corrected chi connectivity index (χ0v) is 18.5. The van der Waals surface area contributed by atoms with Crippen LogP contribution in [0.1, 0.15) is 5.56 Å². The second-order valence-electron chi connectivity index (χ2n) is 6.56. The van der Waals surface area contributed by atoms with E-state index in [-0.39, 0.29) is 27.1 Å². The second kappa shape index (κ2) is 8.00. The van der Waals surface area contributed by atoms with E-state index < -0.39 is 10.0 Å². The maximum Gasteiger partial charge on any atom is 0.300 e. The first-order chi connectivity index (χ1) is 14.8. The molecule has 0 saturated carbocycles. The third kappa shape index (κ3) is 3.84. The van der Waals surface area contributed by atoms with Crippen LogP contribution in [0.3, 0.4) is 0 Å². The summed E-state index contributed by atoms with van der Waals surface area (Å²) in [5, 5.41) is 1.71. The van der Waals surface area contributed by atoms with Crippen LogP contribution in [0.5, 0.6) is 11.6 Å². The summed E-state index contributed by atoms with van der Waals surface area (Å²) < 4.78 is 40.1. The van der Waals surface area contributed by atoms with E-state index in [2.05, 4.69) is 14.7 Å². The molecule has 0 radical (unpaired) electrons. The molecule has 0 amide bonds. The quantitative estimate of drug-likeness (QED) is 0.473. The monoisotopic (exact) mass is 458 g/mol. The van der Waals surface area contributed by atoms with Gasteiger partial charge in [0.25, 0.3) is 15.6 Å². The zero-order chi connectivity index (χ0) is 22.2. The molecule has 4 aromatic rings. The molecule has 0 unspecified atom stereocenters. The van der Waals surface area contributed by atoms with Crippen LogP contribution in [0.25, 0.3) is 16.8 Å². The number of methoxy groups -OCH3 is 2. The van der Waals surface area contributed by atoms with Crippen molar-refractivity contribution in [3.8, 4) is 22.8 Å². The molecule has 11 heteroatoms. The average Bonchev–Trinajstić information content (AvgIpc) is 3.20. The van der Waals surface area contributed by atoms with Crippen molar-refractivity contribution in [2.24, 2.45) is 0 Å². The number of pyridine rings is 2. The molecule has 4 heterocycles. The van der Waals surface area contributed by atoms with E-state index in [1.54, 1.807) is 42.8 Å². The summed E-state index contributed by atoms with van der Waals surface area (Å²) in [5.41, 5.74) is 2.14. The smallest absolute Gasteiger partial charge is 0.300 e. The van der Waals surface area contributed by atoms with Gasteiger partial charge in [-0.1, -0.05) is 0 Å². The number of thiophene rings is 1. The largest absolute Gasteiger partial charge is 0.490 e. The maximum atomic E-state index is 12.8. The Morgan fingerprint density at radius 3 is 2.55 bits per heavy atom. The number of sulfonamides is 1. The minimum Gasteiger partial charge on any atom is -0.490 e. The predicted molar refractivity (Wildman–Crippen MR) is 118 cm³/mol. The summed E-state index contributed by atoms with van der Waals surface area (Å²) in [7, 11) is -1.01. The van der Waals surface area contributed by atoms with Crippen molar-refractivity contribution in [2.75, 3.05) is 18.9 Å². The van der Waals surface area contributed by atoms with E-state index in [0.29, 0.717) is 22.3 Å². The van der Waals surface area contributed by atoms with Crippen LogP contribution in [0.15, 0.2) is 57.2 Å². The SMILES string of the molecule is COc1ncc(-c2ccc3ncc(OC)c(=O)n3c2)cc1NS(=O)(=O)c1sccc1C. The summed E-state index contributed by atoms with van der Waals surface area (Å²) >= 11 is 1.13. The van der Waals surface area contributed by atoms with Crippen molar-refractivity contribution < 1.29 is 17.9 Å². The van der Waals surface area contributed by atoms with Gasteiger partial charge in [0.05, 0.1) is 20.4 Å². The molecule has 160 valence electrons. The average molecular weight is 459 g/mol. The third-order valence-corrected chi connectivity index (χ3v) is 7.63. The summed E-state index contributed by atoms with van der Waals surface area (Å²) in [4.78, 5) is 20.9. The van der Waals surface area contributed by atoms with E-state index in [0.717, 1.165) is 11.3 Å². The van der Waals surface area contributed by atoms with E-state index in [1.165, 1.54) is 31.0 Å². The van der Waals surface area contributed by atoms with Gasteiger partial charge < -0.3 is 9.47 Å². The van der Waals surface area contributed by atoms with Crippen LogP contribution in [0.2, 0.25) is 0 Å². The number of hydrogen-bond acceptors (Lipinski definition) is 8. The minimum atomic E-state index is -3.82. The first-order valence-corrected chi connectivity index (χ1v) is 11.4. The molecule has 0 spiro atoms. The van der Waals surface area contributed by atoms with E-state index >= 15 is 0 Å². The highest BCUT2D eigenvalue weighted by atomic mass is 32.2. The molecule has 0 aliphatic rings. The predicted octanol–water partition coefficient (Wildman–Crippen LogP) is 2.94. The van der Waals surface area contributed by atoms with Gasteiger partial charge in [-0.25, -0.2) is 18.4 Å². The highest BCUT2D eigenvalue weighted by molar-refractivity contribution is 7.94. The fourth-order valence-corrected chi connectivity index (χ4v) is 5.51. The molecule has 31 heavy (non-hydrogen) atoms. The van der Waals surface area contributed by atoms with Gasteiger partial charge in [0.2, 0.25) is 11.6 Å². The highest BCUT2D eigenvalue weighted by Gasteiger charge is 2.21. The van der Waals surface area contributed by atoms with Crippen LogP contribution < -0.4 is 19.8 Å². The van der Waals surface area contributed by atoms with Gasteiger partial charge in [0, 0.05) is 23.5 Å². The lowest BCUT2D eigenvalue weighted by atomic mass is 10.1. The molecule has 0 aromatic carbocycles. The van der Waals surface area contributed by atoms with Crippen molar-refractivity contribution in [1.29, 1.82) is 0 Å². The third-order valence-electron chi connectivity index (χ3n) is 4.57. The molecule has 1 N–H and O–H groups in total. The van der Waals surface area contributed by atoms with Gasteiger partial charge in [-0.3, -0.25) is 13.9 Å². The lowest BCUT2D eigenvalue weighted by Gasteiger charge is -2.13. The summed E-state index contributed by atoms with van der Waals surface area (Å²) in [6, 6.07) is 6.78. The van der Waals surface area contributed by atoms with Crippen molar-refractivity contribution in [2.45, 2.75) is 11.1 Å². The van der Waals surface area contributed by atoms with Crippen LogP contribution in [0, 0.1) is 6.92 Å². The Kier molecular flexibility index (Phi) is 5.38. The molecule has 9 nitrogen and oxygen atoms in total. The number of aryl methyl sites for hydroxylation is 1. The number of nitrogens with zero attached hydrogens (tertiary/aromatic N) is 3. The number of anilines is 1. The number of nitrogens with one attached hydrogen (secondary N) is 1. The van der Waals surface area contributed by atoms with Gasteiger partial charge in [0.15, 0.2) is 0 Å². The molecule has 0 bridgehead atoms. The first-order valence-electron chi connectivity index (χ1n) is 9.01. The van der Waals surface area contributed by atoms with E-state index in [4.69, 9.17) is 9.47 Å². The zero-order valence-electron chi connectivity index (χ0n) is 16.8. The van der Waals surface area contributed by atoms with E-state index in [1.807, 2.05) is 0 Å².